The highest BCUT2D eigenvalue weighted by Gasteiger charge is 2.31. The number of aromatic nitrogens is 1. The second-order valence-corrected chi connectivity index (χ2v) is 12.1. The summed E-state index contributed by atoms with van der Waals surface area (Å²) < 4.78 is 60.1. The molecule has 0 saturated carbocycles. The number of hydrogen-bond acceptors (Lipinski definition) is 9. The van der Waals surface area contributed by atoms with Crippen LogP contribution in [0.25, 0.3) is 0 Å². The molecule has 0 radical (unpaired) electrons. The van der Waals surface area contributed by atoms with Gasteiger partial charge in [-0.15, -0.1) is 0 Å². The number of alkyl carbamates (subject to hydrolysis) is 1. The van der Waals surface area contributed by atoms with Crippen LogP contribution in [0.1, 0.15) is 29.0 Å². The van der Waals surface area contributed by atoms with Gasteiger partial charge in [-0.3, -0.25) is 9.78 Å². The van der Waals surface area contributed by atoms with E-state index >= 15 is 4.39 Å². The summed E-state index contributed by atoms with van der Waals surface area (Å²) in [4.78, 5) is 31.3. The molecule has 4 atom stereocenters. The Balaban J connectivity index is 1.22. The summed E-state index contributed by atoms with van der Waals surface area (Å²) in [6.07, 6.45) is 1.73. The van der Waals surface area contributed by atoms with E-state index in [0.29, 0.717) is 43.8 Å². The normalized spacial score (nSPS) is 20.6. The van der Waals surface area contributed by atoms with Gasteiger partial charge in [-0.1, -0.05) is 24.3 Å². The number of ether oxygens (including phenoxy) is 3. The average Bonchev–Trinajstić information content (AvgIpc) is 3.07. The number of carbonyl (C=O) groups excluding carboxylic acids is 2. The van der Waals surface area contributed by atoms with E-state index in [4.69, 9.17) is 19.9 Å². The Kier molecular flexibility index (Phi) is 12.2. The Morgan fingerprint density at radius 2 is 1.69 bits per heavy atom. The maximum absolute atomic E-state index is 15.3. The highest BCUT2D eigenvalue weighted by Crippen LogP contribution is 2.32. The van der Waals surface area contributed by atoms with Crippen molar-refractivity contribution in [1.82, 2.24) is 20.5 Å². The van der Waals surface area contributed by atoms with E-state index < -0.39 is 47.5 Å². The molecule has 5 N–H and O–H groups in total. The summed E-state index contributed by atoms with van der Waals surface area (Å²) in [5, 5.41) is 9.09. The molecule has 2 aliphatic heterocycles. The molecule has 0 spiro atoms. The van der Waals surface area contributed by atoms with E-state index in [-0.39, 0.29) is 36.5 Å². The fourth-order valence-electron chi connectivity index (χ4n) is 6.00. The Labute approximate surface area is 277 Å². The Morgan fingerprint density at radius 3 is 2.33 bits per heavy atom. The number of likely N-dealkylation sites (N-methyl/N-ethyl adjacent to an activating group) is 1. The largest absolute Gasteiger partial charge is 0.447 e. The highest BCUT2D eigenvalue weighted by atomic mass is 19.1. The van der Waals surface area contributed by atoms with Crippen LogP contribution >= 0.6 is 0 Å². The van der Waals surface area contributed by atoms with Gasteiger partial charge in [0.05, 0.1) is 36.9 Å². The van der Waals surface area contributed by atoms with Gasteiger partial charge in [0, 0.05) is 44.2 Å². The molecule has 11 nitrogen and oxygen atoms in total. The van der Waals surface area contributed by atoms with Gasteiger partial charge in [-0.2, -0.15) is 0 Å². The molecule has 48 heavy (non-hydrogen) atoms. The number of hydrogen-bond donors (Lipinski definition) is 4. The topological polar surface area (TPSA) is 140 Å². The lowest BCUT2D eigenvalue weighted by molar-refractivity contribution is -0.119. The third kappa shape index (κ3) is 9.66. The van der Waals surface area contributed by atoms with E-state index in [2.05, 4.69) is 25.8 Å². The summed E-state index contributed by atoms with van der Waals surface area (Å²) in [7, 11) is 2.00. The first-order chi connectivity index (χ1) is 23.2. The molecule has 2 aromatic carbocycles. The van der Waals surface area contributed by atoms with E-state index in [9.17, 15) is 18.4 Å². The Morgan fingerprint density at radius 1 is 1.02 bits per heavy atom. The van der Waals surface area contributed by atoms with Crippen molar-refractivity contribution in [2.45, 2.75) is 43.1 Å². The molecule has 5 rings (SSSR count). The van der Waals surface area contributed by atoms with Crippen LogP contribution < -0.4 is 21.7 Å². The SMILES string of the molecule is CN1CCOC(CNC(=O)OC[C@@H]2CNC[C@@H](CCc3c(F)cncc3N[C@H](C(N)=O)C(c3ccc(F)cc3)c3ccc(F)cc3)O2)C1. The van der Waals surface area contributed by atoms with Crippen molar-refractivity contribution in [3.05, 3.63) is 95.1 Å². The van der Waals surface area contributed by atoms with Gasteiger partial charge < -0.3 is 40.8 Å². The van der Waals surface area contributed by atoms with Gasteiger partial charge in [0.25, 0.3) is 0 Å². The fourth-order valence-corrected chi connectivity index (χ4v) is 6.00. The molecular formula is C34H41F3N6O5. The number of anilines is 1. The van der Waals surface area contributed by atoms with Crippen LogP contribution in [0.3, 0.4) is 0 Å². The maximum Gasteiger partial charge on any atom is 0.407 e. The second-order valence-electron chi connectivity index (χ2n) is 12.1. The van der Waals surface area contributed by atoms with Gasteiger partial charge >= 0.3 is 6.09 Å². The number of amides is 2. The van der Waals surface area contributed by atoms with Crippen molar-refractivity contribution < 1.29 is 37.0 Å². The molecule has 0 bridgehead atoms. The number of morpholine rings is 2. The van der Waals surface area contributed by atoms with Crippen LogP contribution in [0.15, 0.2) is 60.9 Å². The number of nitrogens with zero attached hydrogens (tertiary/aromatic N) is 2. The minimum Gasteiger partial charge on any atom is -0.447 e. The molecule has 2 amide bonds. The molecule has 3 aromatic rings. The van der Waals surface area contributed by atoms with E-state index in [1.54, 1.807) is 0 Å². The van der Waals surface area contributed by atoms with Gasteiger partial charge in [-0.05, 0) is 55.3 Å². The third-order valence-electron chi connectivity index (χ3n) is 8.48. The highest BCUT2D eigenvalue weighted by molar-refractivity contribution is 5.85. The first kappa shape index (κ1) is 35.1. The number of benzene rings is 2. The van der Waals surface area contributed by atoms with Crippen LogP contribution in [-0.4, -0.2) is 99.2 Å². The quantitative estimate of drug-likeness (QED) is 0.216. The van der Waals surface area contributed by atoms with Crippen LogP contribution in [0.4, 0.5) is 23.7 Å². The zero-order valence-corrected chi connectivity index (χ0v) is 26.7. The molecule has 258 valence electrons. The second kappa shape index (κ2) is 16.7. The minimum atomic E-state index is -1.13. The van der Waals surface area contributed by atoms with Crippen molar-refractivity contribution in [1.29, 1.82) is 0 Å². The number of rotatable bonds is 13. The van der Waals surface area contributed by atoms with Crippen molar-refractivity contribution in [3.8, 4) is 0 Å². The fraction of sp³-hybridized carbons (Fsp3) is 0.441. The molecule has 1 unspecified atom stereocenters. The van der Waals surface area contributed by atoms with E-state index in [0.717, 1.165) is 19.3 Å². The Hall–Kier alpha value is -4.24. The molecular weight excluding hydrogens is 629 g/mol. The van der Waals surface area contributed by atoms with Gasteiger partial charge in [0.1, 0.15) is 36.2 Å². The number of nitrogens with one attached hydrogen (secondary N) is 3. The van der Waals surface area contributed by atoms with Crippen molar-refractivity contribution in [2.75, 3.05) is 58.3 Å². The monoisotopic (exact) mass is 670 g/mol. The van der Waals surface area contributed by atoms with Crippen molar-refractivity contribution >= 4 is 17.7 Å². The van der Waals surface area contributed by atoms with Crippen LogP contribution in [0.2, 0.25) is 0 Å². The number of nitrogens with two attached hydrogens (primary N) is 1. The zero-order valence-electron chi connectivity index (χ0n) is 26.7. The summed E-state index contributed by atoms with van der Waals surface area (Å²) in [6, 6.07) is 9.98. The molecule has 14 heteroatoms. The molecule has 0 aliphatic carbocycles. The molecule has 1 aromatic heterocycles. The number of halogens is 3. The van der Waals surface area contributed by atoms with Crippen molar-refractivity contribution in [2.24, 2.45) is 5.73 Å². The molecule has 2 fully saturated rings. The number of carbonyl (C=O) groups is 2. The van der Waals surface area contributed by atoms with E-state index in [1.807, 2.05) is 7.05 Å². The van der Waals surface area contributed by atoms with Crippen molar-refractivity contribution in [3.63, 3.8) is 0 Å². The summed E-state index contributed by atoms with van der Waals surface area (Å²) in [5.41, 5.74) is 7.50. The number of primary amides is 1. The lowest BCUT2D eigenvalue weighted by Gasteiger charge is -2.31. The number of pyridine rings is 1. The van der Waals surface area contributed by atoms with Crippen LogP contribution in [-0.2, 0) is 25.4 Å². The first-order valence-corrected chi connectivity index (χ1v) is 15.9. The zero-order chi connectivity index (χ0) is 34.0. The van der Waals surface area contributed by atoms with Gasteiger partial charge in [0.15, 0.2) is 0 Å². The standard InChI is InChI=1S/C34H41F3N6O5/c1-43-12-13-46-26(19-43)16-41-34(45)47-20-27-15-39-14-25(48-27)10-11-28-29(37)17-40-18-30(28)42-32(33(38)44)31(21-2-6-23(35)7-3-21)22-4-8-24(36)9-5-22/h2-9,17-18,25-27,31-32,39,42H,10-16,19-20H2,1H3,(H2,38,44)(H,41,45)/t25-,26?,27+,32+/m1/s1. The average molecular weight is 671 g/mol. The predicted octanol–water partition coefficient (Wildman–Crippen LogP) is 2.94. The van der Waals surface area contributed by atoms with E-state index in [1.165, 1.54) is 54.7 Å². The Bertz CT molecular complexity index is 1470. The molecule has 2 aliphatic rings. The molecule has 2 saturated heterocycles. The molecule has 3 heterocycles. The third-order valence-corrected chi connectivity index (χ3v) is 8.48. The smallest absolute Gasteiger partial charge is 0.407 e. The lowest BCUT2D eigenvalue weighted by atomic mass is 9.84. The lowest BCUT2D eigenvalue weighted by Crippen LogP contribution is -2.48. The predicted molar refractivity (Wildman–Crippen MR) is 172 cm³/mol. The summed E-state index contributed by atoms with van der Waals surface area (Å²) >= 11 is 0. The maximum atomic E-state index is 15.3. The summed E-state index contributed by atoms with van der Waals surface area (Å²) in [6.45, 7) is 3.54. The first-order valence-electron chi connectivity index (χ1n) is 15.9. The van der Waals surface area contributed by atoms with Crippen LogP contribution in [0, 0.1) is 17.5 Å². The van der Waals surface area contributed by atoms with Gasteiger partial charge in [0.2, 0.25) is 5.91 Å². The van der Waals surface area contributed by atoms with Crippen LogP contribution in [0.5, 0.6) is 0 Å². The summed E-state index contributed by atoms with van der Waals surface area (Å²) in [5.74, 6) is -3.04. The minimum absolute atomic E-state index is 0.0334. The van der Waals surface area contributed by atoms with Gasteiger partial charge in [-0.25, -0.2) is 18.0 Å².